The van der Waals surface area contributed by atoms with Gasteiger partial charge in [0, 0.05) is 0 Å². The summed E-state index contributed by atoms with van der Waals surface area (Å²) in [6.45, 7) is 0. The highest BCUT2D eigenvalue weighted by Gasteiger charge is 2.21. The van der Waals surface area contributed by atoms with Crippen LogP contribution in [0.15, 0.2) is 109 Å². The van der Waals surface area contributed by atoms with Crippen molar-refractivity contribution in [3.8, 4) is 33.8 Å². The van der Waals surface area contributed by atoms with Crippen LogP contribution >= 0.6 is 0 Å². The van der Waals surface area contributed by atoms with E-state index in [1.165, 1.54) is 0 Å². The second-order valence-corrected chi connectivity index (χ2v) is 6.69. The summed E-state index contributed by atoms with van der Waals surface area (Å²) < 4.78 is 11.1. The molecule has 0 aromatic heterocycles. The Morgan fingerprint density at radius 2 is 0.867 bits per heavy atom. The fourth-order valence-electron chi connectivity index (χ4n) is 3.09. The first-order chi connectivity index (χ1) is 14.7. The van der Waals surface area contributed by atoms with Crippen molar-refractivity contribution in [1.82, 2.24) is 0 Å². The van der Waals surface area contributed by atoms with Gasteiger partial charge in [-0.05, 0) is 46.5 Å². The quantitative estimate of drug-likeness (QED) is 0.396. The number of carboxylic acid groups (broad SMARTS) is 1. The molecule has 4 heteroatoms. The lowest BCUT2D eigenvalue weighted by molar-refractivity contribution is -0.158. The maximum atomic E-state index is 11.6. The van der Waals surface area contributed by atoms with Gasteiger partial charge in [-0.2, -0.15) is 0 Å². The number of hydrogen-bond acceptors (Lipinski definition) is 3. The molecule has 148 valence electrons. The van der Waals surface area contributed by atoms with Gasteiger partial charge in [-0.3, -0.25) is 0 Å². The second kappa shape index (κ2) is 8.97. The van der Waals surface area contributed by atoms with Crippen LogP contribution in [0.3, 0.4) is 0 Å². The number of ether oxygens (including phenoxy) is 2. The SMILES string of the molecule is O=C(O)C(Oc1ccc(-c2ccccc2)cc1)Oc1ccc(-c2ccccc2)cc1. The van der Waals surface area contributed by atoms with Crippen molar-refractivity contribution in [2.75, 3.05) is 0 Å². The van der Waals surface area contributed by atoms with Gasteiger partial charge in [0.1, 0.15) is 11.5 Å². The van der Waals surface area contributed by atoms with Crippen LogP contribution in [0.25, 0.3) is 22.3 Å². The molecule has 0 aliphatic rings. The first-order valence-electron chi connectivity index (χ1n) is 9.56. The first-order valence-corrected chi connectivity index (χ1v) is 9.56. The lowest BCUT2D eigenvalue weighted by Crippen LogP contribution is -2.33. The Hall–Kier alpha value is -4.05. The second-order valence-electron chi connectivity index (χ2n) is 6.69. The van der Waals surface area contributed by atoms with Crippen molar-refractivity contribution < 1.29 is 19.4 Å². The molecule has 0 bridgehead atoms. The minimum absolute atomic E-state index is 0.419. The van der Waals surface area contributed by atoms with E-state index < -0.39 is 12.3 Å². The van der Waals surface area contributed by atoms with Crippen LogP contribution in [-0.4, -0.2) is 17.4 Å². The maximum absolute atomic E-state index is 11.6. The molecule has 4 rings (SSSR count). The van der Waals surface area contributed by atoms with Crippen molar-refractivity contribution >= 4 is 5.97 Å². The van der Waals surface area contributed by atoms with Crippen LogP contribution < -0.4 is 9.47 Å². The minimum Gasteiger partial charge on any atom is -0.476 e. The number of benzene rings is 4. The molecule has 0 unspecified atom stereocenters. The molecule has 4 aromatic carbocycles. The molecule has 0 heterocycles. The normalized spacial score (nSPS) is 10.6. The summed E-state index contributed by atoms with van der Waals surface area (Å²) in [5, 5.41) is 9.51. The molecule has 0 saturated heterocycles. The smallest absolute Gasteiger partial charge is 0.387 e. The first kappa shape index (κ1) is 19.3. The number of carboxylic acids is 1. The van der Waals surface area contributed by atoms with Gasteiger partial charge in [-0.1, -0.05) is 84.9 Å². The molecule has 0 saturated carbocycles. The maximum Gasteiger partial charge on any atom is 0.387 e. The van der Waals surface area contributed by atoms with E-state index in [0.29, 0.717) is 11.5 Å². The van der Waals surface area contributed by atoms with Crippen LogP contribution in [0.1, 0.15) is 0 Å². The molecule has 0 aliphatic heterocycles. The Kier molecular flexibility index (Phi) is 5.76. The molecule has 0 atom stereocenters. The molecule has 0 radical (unpaired) electrons. The molecule has 4 nitrogen and oxygen atoms in total. The molecule has 1 N–H and O–H groups in total. The summed E-state index contributed by atoms with van der Waals surface area (Å²) >= 11 is 0. The summed E-state index contributed by atoms with van der Waals surface area (Å²) in [6, 6.07) is 34.3. The van der Waals surface area contributed by atoms with Gasteiger partial charge in [0.25, 0.3) is 0 Å². The Balaban J connectivity index is 1.45. The predicted molar refractivity (Wildman–Crippen MR) is 116 cm³/mol. The lowest BCUT2D eigenvalue weighted by Gasteiger charge is -2.17. The Labute approximate surface area is 175 Å². The monoisotopic (exact) mass is 396 g/mol. The van der Waals surface area contributed by atoms with Crippen LogP contribution in [-0.2, 0) is 4.79 Å². The third kappa shape index (κ3) is 4.67. The van der Waals surface area contributed by atoms with Crippen LogP contribution in [0, 0.1) is 0 Å². The Morgan fingerprint density at radius 3 is 1.20 bits per heavy atom. The van der Waals surface area contributed by atoms with Gasteiger partial charge in [0.05, 0.1) is 0 Å². The van der Waals surface area contributed by atoms with Gasteiger partial charge in [0.15, 0.2) is 0 Å². The topological polar surface area (TPSA) is 55.8 Å². The number of aliphatic carboxylic acids is 1. The molecule has 0 aliphatic carbocycles. The molecule has 0 fully saturated rings. The van der Waals surface area contributed by atoms with Crippen LogP contribution in [0.2, 0.25) is 0 Å². The summed E-state index contributed by atoms with van der Waals surface area (Å²) in [7, 11) is 0. The fourth-order valence-corrected chi connectivity index (χ4v) is 3.09. The van der Waals surface area contributed by atoms with Crippen LogP contribution in [0.4, 0.5) is 0 Å². The van der Waals surface area contributed by atoms with Gasteiger partial charge in [-0.25, -0.2) is 4.79 Å². The average Bonchev–Trinajstić information content (AvgIpc) is 2.81. The third-order valence-corrected chi connectivity index (χ3v) is 4.61. The van der Waals surface area contributed by atoms with Crippen molar-refractivity contribution in [2.24, 2.45) is 0 Å². The largest absolute Gasteiger partial charge is 0.476 e. The predicted octanol–water partition coefficient (Wildman–Crippen LogP) is 5.89. The van der Waals surface area contributed by atoms with Crippen molar-refractivity contribution in [3.05, 3.63) is 109 Å². The lowest BCUT2D eigenvalue weighted by atomic mass is 10.1. The number of rotatable bonds is 7. The summed E-state index contributed by atoms with van der Waals surface area (Å²) in [5.41, 5.74) is 4.20. The van der Waals surface area contributed by atoms with E-state index in [9.17, 15) is 9.90 Å². The molecule has 0 amide bonds. The highest BCUT2D eigenvalue weighted by Crippen LogP contribution is 2.25. The Morgan fingerprint density at radius 1 is 0.533 bits per heavy atom. The van der Waals surface area contributed by atoms with E-state index in [2.05, 4.69) is 0 Å². The van der Waals surface area contributed by atoms with Gasteiger partial charge in [-0.15, -0.1) is 0 Å². The molecular weight excluding hydrogens is 376 g/mol. The van der Waals surface area contributed by atoms with E-state index >= 15 is 0 Å². The van der Waals surface area contributed by atoms with E-state index in [1.54, 1.807) is 24.3 Å². The van der Waals surface area contributed by atoms with Crippen molar-refractivity contribution in [2.45, 2.75) is 6.29 Å². The van der Waals surface area contributed by atoms with Gasteiger partial charge in [0.2, 0.25) is 0 Å². The van der Waals surface area contributed by atoms with Crippen molar-refractivity contribution in [1.29, 1.82) is 0 Å². The summed E-state index contributed by atoms with van der Waals surface area (Å²) in [6.07, 6.45) is -1.45. The summed E-state index contributed by atoms with van der Waals surface area (Å²) in [4.78, 5) is 11.6. The van der Waals surface area contributed by atoms with E-state index in [1.807, 2.05) is 84.9 Å². The molecular formula is C26H20O4. The number of hydrogen-bond donors (Lipinski definition) is 1. The highest BCUT2D eigenvalue weighted by atomic mass is 16.7. The standard InChI is InChI=1S/C26H20O4/c27-25(28)26(29-23-15-11-21(12-16-23)19-7-3-1-4-8-19)30-24-17-13-22(14-18-24)20-9-5-2-6-10-20/h1-18,26H,(H,27,28). The number of carbonyl (C=O) groups is 1. The zero-order chi connectivity index (χ0) is 20.8. The minimum atomic E-state index is -1.45. The average molecular weight is 396 g/mol. The van der Waals surface area contributed by atoms with Crippen LogP contribution in [0.5, 0.6) is 11.5 Å². The summed E-state index contributed by atoms with van der Waals surface area (Å²) in [5.74, 6) is -0.361. The van der Waals surface area contributed by atoms with E-state index in [4.69, 9.17) is 9.47 Å². The molecule has 4 aromatic rings. The molecule has 30 heavy (non-hydrogen) atoms. The third-order valence-electron chi connectivity index (χ3n) is 4.61. The van der Waals surface area contributed by atoms with Gasteiger partial charge < -0.3 is 14.6 Å². The zero-order valence-electron chi connectivity index (χ0n) is 16.1. The highest BCUT2D eigenvalue weighted by molar-refractivity contribution is 5.72. The zero-order valence-corrected chi connectivity index (χ0v) is 16.1. The molecule has 0 spiro atoms. The van der Waals surface area contributed by atoms with E-state index in [-0.39, 0.29) is 0 Å². The Bertz CT molecular complexity index is 1000. The fraction of sp³-hybridized carbons (Fsp3) is 0.0385. The van der Waals surface area contributed by atoms with E-state index in [0.717, 1.165) is 22.3 Å². The van der Waals surface area contributed by atoms with Gasteiger partial charge >= 0.3 is 12.3 Å². The van der Waals surface area contributed by atoms with Crippen molar-refractivity contribution in [3.63, 3.8) is 0 Å².